The van der Waals surface area contributed by atoms with E-state index in [-0.39, 0.29) is 12.8 Å². The second-order valence-corrected chi connectivity index (χ2v) is 20.3. The molecule has 0 bridgehead atoms. The van der Waals surface area contributed by atoms with Crippen LogP contribution in [0.4, 0.5) is 0 Å². The van der Waals surface area contributed by atoms with Gasteiger partial charge in [-0.15, -0.1) is 0 Å². The molecule has 0 spiro atoms. The first-order chi connectivity index (χ1) is 29.3. The van der Waals surface area contributed by atoms with E-state index in [4.69, 9.17) is 18.5 Å². The van der Waals surface area contributed by atoms with Gasteiger partial charge in [-0.25, -0.2) is 13.7 Å². The molecule has 1 aliphatic rings. The number of unbranched alkanes of at least 4 members (excludes halogenated alkanes) is 22. The van der Waals surface area contributed by atoms with Gasteiger partial charge in [-0.2, -0.15) is 12.6 Å². The molecule has 1 rings (SSSR count). The number of aliphatic hydroxyl groups excluding tert-OH is 3. The van der Waals surface area contributed by atoms with Crippen molar-refractivity contribution in [3.8, 4) is 0 Å². The van der Waals surface area contributed by atoms with E-state index in [9.17, 15) is 63.1 Å². The standard InChI is InChI=1S/C39H77O19P3S/c1-2-3-4-5-6-7-8-9-11-15-18-21-24-27-33(41)55-31(29-53-32(40)26-23-20-17-14-12-10-13-16-19-22-25-28-62)30-54-61(51,52)58-39-35(43)37(56-59(45,46)47)34(42)38(36(39)44)57-60(48,49)50/h31,34-39,42-44,62H,2-30H2,1H3,(H,51,52)(H2,45,46,47)(H2,48,49,50)/t31-,34?,35+,36?,37+,38-,39?/m1/s1. The van der Waals surface area contributed by atoms with Crippen LogP contribution in [0, 0.1) is 0 Å². The summed E-state index contributed by atoms with van der Waals surface area (Å²) < 4.78 is 65.4. The van der Waals surface area contributed by atoms with Crippen LogP contribution in [0.25, 0.3) is 0 Å². The van der Waals surface area contributed by atoms with E-state index in [1.807, 2.05) is 0 Å². The van der Waals surface area contributed by atoms with Gasteiger partial charge in [-0.3, -0.25) is 27.7 Å². The van der Waals surface area contributed by atoms with Crippen LogP contribution >= 0.6 is 36.1 Å². The lowest BCUT2D eigenvalue weighted by molar-refractivity contribution is -0.213. The van der Waals surface area contributed by atoms with E-state index in [1.165, 1.54) is 70.6 Å². The van der Waals surface area contributed by atoms with Crippen LogP contribution in [0.1, 0.15) is 174 Å². The predicted octanol–water partition coefficient (Wildman–Crippen LogP) is 7.09. The van der Waals surface area contributed by atoms with Gasteiger partial charge in [-0.1, -0.05) is 142 Å². The number of phosphoric acid groups is 3. The van der Waals surface area contributed by atoms with Gasteiger partial charge >= 0.3 is 35.4 Å². The van der Waals surface area contributed by atoms with Crippen LogP contribution in [-0.4, -0.2) is 113 Å². The molecule has 23 heteroatoms. The number of thiol groups is 1. The van der Waals surface area contributed by atoms with Gasteiger partial charge in [0.05, 0.1) is 6.61 Å². The van der Waals surface area contributed by atoms with Crippen LogP contribution in [-0.2, 0) is 50.9 Å². The van der Waals surface area contributed by atoms with Gasteiger partial charge in [0.25, 0.3) is 0 Å². The van der Waals surface area contributed by atoms with Crippen molar-refractivity contribution in [3.63, 3.8) is 0 Å². The summed E-state index contributed by atoms with van der Waals surface area (Å²) in [6.45, 7) is 0.701. The maximum absolute atomic E-state index is 13.1. The SMILES string of the molecule is CCCCCCCCCCCCCCCC(=O)O[C@H](COC(=O)CCCCCCCCCCCCCS)COP(=O)(O)OC1C(O)[C@H](OP(=O)(O)O)C(O)[C@H](OP(=O)(O)O)[C@@H]1O. The maximum Gasteiger partial charge on any atom is 0.472 e. The summed E-state index contributed by atoms with van der Waals surface area (Å²) in [5, 5.41) is 31.8. The molecular formula is C39H77O19P3S. The van der Waals surface area contributed by atoms with Crippen molar-refractivity contribution in [1.29, 1.82) is 0 Å². The van der Waals surface area contributed by atoms with E-state index in [2.05, 4.69) is 28.6 Å². The Morgan fingerprint density at radius 1 is 0.500 bits per heavy atom. The Bertz CT molecular complexity index is 1300. The fourth-order valence-corrected chi connectivity index (χ4v) is 9.43. The summed E-state index contributed by atoms with van der Waals surface area (Å²) in [5.41, 5.74) is 0. The van der Waals surface area contributed by atoms with Gasteiger partial charge in [0, 0.05) is 12.8 Å². The summed E-state index contributed by atoms with van der Waals surface area (Å²) >= 11 is 4.23. The molecule has 8 N–H and O–H groups in total. The Hall–Kier alpha value is -0.500. The summed E-state index contributed by atoms with van der Waals surface area (Å²) in [6, 6.07) is 0. The van der Waals surface area contributed by atoms with Crippen LogP contribution in [0.3, 0.4) is 0 Å². The summed E-state index contributed by atoms with van der Waals surface area (Å²) in [4.78, 5) is 73.1. The molecule has 368 valence electrons. The monoisotopic (exact) mass is 974 g/mol. The summed E-state index contributed by atoms with van der Waals surface area (Å²) in [5.74, 6) is -0.389. The second kappa shape index (κ2) is 33.9. The molecule has 1 saturated carbocycles. The highest BCUT2D eigenvalue weighted by Crippen LogP contribution is 2.51. The Morgan fingerprint density at radius 3 is 1.21 bits per heavy atom. The molecule has 19 nitrogen and oxygen atoms in total. The van der Waals surface area contributed by atoms with Gasteiger partial charge in [0.1, 0.15) is 43.2 Å². The first kappa shape index (κ1) is 59.5. The topological polar surface area (TPSA) is 303 Å². The van der Waals surface area contributed by atoms with Crippen molar-refractivity contribution in [2.45, 2.75) is 217 Å². The molecule has 0 amide bonds. The van der Waals surface area contributed by atoms with E-state index < -0.39 is 91.3 Å². The predicted molar refractivity (Wildman–Crippen MR) is 233 cm³/mol. The summed E-state index contributed by atoms with van der Waals surface area (Å²) in [6.07, 6.45) is 9.63. The fraction of sp³-hybridized carbons (Fsp3) is 0.949. The van der Waals surface area contributed by atoms with Crippen LogP contribution in [0.5, 0.6) is 0 Å². The van der Waals surface area contributed by atoms with Crippen molar-refractivity contribution in [2.75, 3.05) is 19.0 Å². The molecule has 0 heterocycles. The Morgan fingerprint density at radius 2 is 0.839 bits per heavy atom. The third kappa shape index (κ3) is 29.9. The first-order valence-electron chi connectivity index (χ1n) is 22.4. The van der Waals surface area contributed by atoms with Gasteiger partial charge in [-0.05, 0) is 25.0 Å². The average Bonchev–Trinajstić information content (AvgIpc) is 3.19. The van der Waals surface area contributed by atoms with Crippen molar-refractivity contribution in [1.82, 2.24) is 0 Å². The average molecular weight is 975 g/mol. The molecule has 8 atom stereocenters. The largest absolute Gasteiger partial charge is 0.472 e. The summed E-state index contributed by atoms with van der Waals surface area (Å²) in [7, 11) is -16.6. The molecular weight excluding hydrogens is 897 g/mol. The Balaban J connectivity index is 2.78. The molecule has 0 aromatic carbocycles. The minimum absolute atomic E-state index is 0.00371. The number of carbonyl (C=O) groups excluding carboxylic acids is 2. The van der Waals surface area contributed by atoms with E-state index >= 15 is 0 Å². The third-order valence-electron chi connectivity index (χ3n) is 10.5. The van der Waals surface area contributed by atoms with E-state index in [0.717, 1.165) is 76.4 Å². The second-order valence-electron chi connectivity index (χ2n) is 16.1. The smallest absolute Gasteiger partial charge is 0.462 e. The molecule has 0 aromatic heterocycles. The lowest BCUT2D eigenvalue weighted by Gasteiger charge is -2.44. The van der Waals surface area contributed by atoms with Gasteiger partial charge in [0.2, 0.25) is 0 Å². The normalized spacial score (nSPS) is 22.3. The number of ether oxygens (including phenoxy) is 2. The molecule has 0 aromatic rings. The molecule has 0 radical (unpaired) electrons. The van der Waals surface area contributed by atoms with Crippen LogP contribution < -0.4 is 0 Å². The molecule has 62 heavy (non-hydrogen) atoms. The Labute approximate surface area is 373 Å². The molecule has 4 unspecified atom stereocenters. The minimum Gasteiger partial charge on any atom is -0.462 e. The number of esters is 2. The fourth-order valence-electron chi connectivity index (χ4n) is 7.10. The zero-order valence-corrected chi connectivity index (χ0v) is 40.0. The number of rotatable bonds is 39. The highest BCUT2D eigenvalue weighted by atomic mass is 32.1. The van der Waals surface area contributed by atoms with Crippen LogP contribution in [0.2, 0.25) is 0 Å². The molecule has 0 saturated heterocycles. The molecule has 1 aliphatic carbocycles. The quantitative estimate of drug-likeness (QED) is 0.0128. The first-order valence-corrected chi connectivity index (χ1v) is 27.6. The Kier molecular flexibility index (Phi) is 32.5. The number of hydrogen-bond donors (Lipinski definition) is 9. The lowest BCUT2D eigenvalue weighted by Crippen LogP contribution is -2.65. The molecule has 0 aliphatic heterocycles. The van der Waals surface area contributed by atoms with E-state index in [1.54, 1.807) is 0 Å². The van der Waals surface area contributed by atoms with Crippen LogP contribution in [0.15, 0.2) is 0 Å². The van der Waals surface area contributed by atoms with E-state index in [0.29, 0.717) is 12.8 Å². The highest BCUT2D eigenvalue weighted by Gasteiger charge is 2.56. The van der Waals surface area contributed by atoms with Gasteiger partial charge < -0.3 is 49.3 Å². The lowest BCUT2D eigenvalue weighted by atomic mass is 9.85. The minimum atomic E-state index is -5.55. The van der Waals surface area contributed by atoms with Gasteiger partial charge in [0.15, 0.2) is 6.10 Å². The highest BCUT2D eigenvalue weighted by molar-refractivity contribution is 7.80. The van der Waals surface area contributed by atoms with Crippen molar-refractivity contribution < 1.29 is 90.6 Å². The molecule has 1 fully saturated rings. The third-order valence-corrected chi connectivity index (χ3v) is 12.8. The maximum atomic E-state index is 13.1. The number of aliphatic hydroxyl groups is 3. The van der Waals surface area contributed by atoms with Crippen molar-refractivity contribution in [3.05, 3.63) is 0 Å². The van der Waals surface area contributed by atoms with Crippen molar-refractivity contribution in [2.24, 2.45) is 0 Å². The number of carbonyl (C=O) groups is 2. The number of phosphoric ester groups is 3. The number of hydrogen-bond acceptors (Lipinski definition) is 15. The van der Waals surface area contributed by atoms with Crippen molar-refractivity contribution >= 4 is 48.0 Å². The zero-order valence-electron chi connectivity index (χ0n) is 36.4. The zero-order chi connectivity index (χ0) is 46.4.